The highest BCUT2D eigenvalue weighted by atomic mass is 15.2. The third kappa shape index (κ3) is 2.43. The molecule has 1 saturated carbocycles. The Bertz CT molecular complexity index is 281. The highest BCUT2D eigenvalue weighted by Crippen LogP contribution is 2.42. The molecule has 0 radical (unpaired) electrons. The van der Waals surface area contributed by atoms with E-state index in [-0.39, 0.29) is 0 Å². The van der Waals surface area contributed by atoms with E-state index in [2.05, 4.69) is 29.3 Å². The number of hydrogen-bond donors (Lipinski definition) is 1. The average molecular weight is 234 g/mol. The van der Waals surface area contributed by atoms with Crippen LogP contribution >= 0.6 is 0 Å². The summed E-state index contributed by atoms with van der Waals surface area (Å²) in [7, 11) is 0. The van der Waals surface area contributed by atoms with Crippen molar-refractivity contribution >= 4 is 0 Å². The second kappa shape index (κ2) is 5.11. The van der Waals surface area contributed by atoms with Crippen LogP contribution in [0, 0.1) is 11.8 Å². The summed E-state index contributed by atoms with van der Waals surface area (Å²) in [6.45, 7) is 6.21. The number of nitrogens with zero attached hydrogens (tertiary/aromatic N) is 1. The molecule has 2 aliphatic carbocycles. The minimum Gasteiger partial charge on any atom is -0.312 e. The summed E-state index contributed by atoms with van der Waals surface area (Å²) in [4.78, 5) is 2.66. The molecule has 1 saturated heterocycles. The molecule has 0 aromatic rings. The molecule has 2 nitrogen and oxygen atoms in total. The first-order valence-corrected chi connectivity index (χ1v) is 7.48. The van der Waals surface area contributed by atoms with Crippen molar-refractivity contribution in [2.24, 2.45) is 11.8 Å². The van der Waals surface area contributed by atoms with E-state index in [4.69, 9.17) is 0 Å². The maximum Gasteiger partial charge on any atom is 0.0192 e. The third-order valence-corrected chi connectivity index (χ3v) is 5.05. The van der Waals surface area contributed by atoms with Crippen molar-refractivity contribution in [1.82, 2.24) is 10.2 Å². The van der Waals surface area contributed by atoms with Gasteiger partial charge in [0.2, 0.25) is 0 Å². The number of rotatable bonds is 4. The molecule has 2 heteroatoms. The lowest BCUT2D eigenvalue weighted by atomic mass is 9.71. The molecule has 3 rings (SSSR count). The molecule has 1 N–H and O–H groups in total. The van der Waals surface area contributed by atoms with Crippen LogP contribution in [0.4, 0.5) is 0 Å². The van der Waals surface area contributed by atoms with E-state index in [9.17, 15) is 0 Å². The summed E-state index contributed by atoms with van der Waals surface area (Å²) in [6, 6.07) is 1.51. The fourth-order valence-electron chi connectivity index (χ4n) is 3.76. The van der Waals surface area contributed by atoms with Crippen molar-refractivity contribution in [3.05, 3.63) is 12.2 Å². The van der Waals surface area contributed by atoms with Gasteiger partial charge in [0.1, 0.15) is 0 Å². The number of allylic oxidation sites excluding steroid dienone is 1. The Morgan fingerprint density at radius 3 is 2.88 bits per heavy atom. The van der Waals surface area contributed by atoms with E-state index < -0.39 is 0 Å². The van der Waals surface area contributed by atoms with Crippen LogP contribution in [0.15, 0.2) is 12.2 Å². The Kier molecular flexibility index (Phi) is 3.53. The van der Waals surface area contributed by atoms with E-state index >= 15 is 0 Å². The molecule has 2 fully saturated rings. The van der Waals surface area contributed by atoms with Gasteiger partial charge in [-0.05, 0) is 57.5 Å². The van der Waals surface area contributed by atoms with Gasteiger partial charge in [-0.15, -0.1) is 0 Å². The first-order chi connectivity index (χ1) is 8.34. The molecule has 0 amide bonds. The number of hydrogen-bond acceptors (Lipinski definition) is 2. The average Bonchev–Trinajstić information content (AvgIpc) is 2.72. The maximum absolute atomic E-state index is 3.79. The third-order valence-electron chi connectivity index (χ3n) is 5.05. The molecule has 4 unspecified atom stereocenters. The number of fused-ring (bicyclic) bond motifs is 1. The predicted octanol–water partition coefficient (Wildman–Crippen LogP) is 2.42. The van der Waals surface area contributed by atoms with E-state index in [1.54, 1.807) is 0 Å². The lowest BCUT2D eigenvalue weighted by molar-refractivity contribution is 0.130. The van der Waals surface area contributed by atoms with Gasteiger partial charge in [0.05, 0.1) is 0 Å². The van der Waals surface area contributed by atoms with Crippen molar-refractivity contribution in [3.63, 3.8) is 0 Å². The first kappa shape index (κ1) is 11.7. The monoisotopic (exact) mass is 234 g/mol. The summed E-state index contributed by atoms with van der Waals surface area (Å²) in [5.41, 5.74) is 0. The van der Waals surface area contributed by atoms with Crippen LogP contribution in [0.1, 0.15) is 39.0 Å². The summed E-state index contributed by atoms with van der Waals surface area (Å²) >= 11 is 0. The van der Waals surface area contributed by atoms with E-state index in [1.807, 2.05) is 0 Å². The zero-order chi connectivity index (χ0) is 11.7. The van der Waals surface area contributed by atoms with E-state index in [1.165, 1.54) is 51.7 Å². The maximum atomic E-state index is 3.79. The van der Waals surface area contributed by atoms with Crippen molar-refractivity contribution in [2.75, 3.05) is 19.6 Å². The second-order valence-corrected chi connectivity index (χ2v) is 6.20. The largest absolute Gasteiger partial charge is 0.312 e. The molecule has 17 heavy (non-hydrogen) atoms. The van der Waals surface area contributed by atoms with Crippen molar-refractivity contribution in [2.45, 2.75) is 51.1 Å². The van der Waals surface area contributed by atoms with Crippen LogP contribution in [0.2, 0.25) is 0 Å². The van der Waals surface area contributed by atoms with Crippen molar-refractivity contribution in [3.8, 4) is 0 Å². The smallest absolute Gasteiger partial charge is 0.0192 e. The van der Waals surface area contributed by atoms with Gasteiger partial charge in [-0.1, -0.05) is 18.6 Å². The highest BCUT2D eigenvalue weighted by Gasteiger charge is 2.40. The van der Waals surface area contributed by atoms with Gasteiger partial charge in [-0.3, -0.25) is 4.90 Å². The molecule has 4 atom stereocenters. The SMILES string of the molecule is CC(CNC1CC2CC=CC21)N1CCCCC1. The standard InChI is InChI=1S/C15H26N2/c1-12(17-8-3-2-4-9-17)11-16-15-10-13-6-5-7-14(13)15/h5,7,12-16H,2-4,6,8-11H2,1H3. The minimum atomic E-state index is 0.722. The van der Waals surface area contributed by atoms with Crippen LogP contribution in [0.5, 0.6) is 0 Å². The molecule has 0 bridgehead atoms. The van der Waals surface area contributed by atoms with E-state index in [0.717, 1.165) is 23.9 Å². The Labute approximate surface area is 105 Å². The van der Waals surface area contributed by atoms with Crippen LogP contribution in [0.3, 0.4) is 0 Å². The van der Waals surface area contributed by atoms with Gasteiger partial charge in [0.15, 0.2) is 0 Å². The Hall–Kier alpha value is -0.340. The summed E-state index contributed by atoms with van der Waals surface area (Å²) in [5, 5.41) is 3.79. The van der Waals surface area contributed by atoms with Crippen molar-refractivity contribution < 1.29 is 0 Å². The molecule has 0 spiro atoms. The van der Waals surface area contributed by atoms with Gasteiger partial charge >= 0.3 is 0 Å². The quantitative estimate of drug-likeness (QED) is 0.752. The van der Waals surface area contributed by atoms with Crippen LogP contribution in [-0.4, -0.2) is 36.6 Å². The Morgan fingerprint density at radius 2 is 2.12 bits per heavy atom. The molecule has 96 valence electrons. The topological polar surface area (TPSA) is 15.3 Å². The zero-order valence-electron chi connectivity index (χ0n) is 11.1. The summed E-state index contributed by atoms with van der Waals surface area (Å²) < 4.78 is 0. The Balaban J connectivity index is 1.40. The van der Waals surface area contributed by atoms with Gasteiger partial charge in [0, 0.05) is 18.6 Å². The summed E-state index contributed by atoms with van der Waals surface area (Å²) in [6.07, 6.45) is 11.8. The first-order valence-electron chi connectivity index (χ1n) is 7.48. The number of likely N-dealkylation sites (tertiary alicyclic amines) is 1. The fourth-order valence-corrected chi connectivity index (χ4v) is 3.76. The lowest BCUT2D eigenvalue weighted by Crippen LogP contribution is -2.52. The van der Waals surface area contributed by atoms with Gasteiger partial charge in [-0.2, -0.15) is 0 Å². The van der Waals surface area contributed by atoms with Gasteiger partial charge < -0.3 is 5.32 Å². The van der Waals surface area contributed by atoms with Gasteiger partial charge in [0.25, 0.3) is 0 Å². The number of piperidine rings is 1. The fraction of sp³-hybridized carbons (Fsp3) is 0.867. The summed E-state index contributed by atoms with van der Waals surface area (Å²) in [5.74, 6) is 1.85. The minimum absolute atomic E-state index is 0.722. The lowest BCUT2D eigenvalue weighted by Gasteiger charge is -2.42. The highest BCUT2D eigenvalue weighted by molar-refractivity contribution is 5.12. The molecule has 0 aromatic heterocycles. The Morgan fingerprint density at radius 1 is 1.29 bits per heavy atom. The molecule has 3 aliphatic rings. The van der Waals surface area contributed by atoms with Gasteiger partial charge in [-0.25, -0.2) is 0 Å². The zero-order valence-corrected chi connectivity index (χ0v) is 11.1. The molecular weight excluding hydrogens is 208 g/mol. The van der Waals surface area contributed by atoms with Crippen LogP contribution in [-0.2, 0) is 0 Å². The molecule has 1 aliphatic heterocycles. The van der Waals surface area contributed by atoms with E-state index in [0.29, 0.717) is 0 Å². The second-order valence-electron chi connectivity index (χ2n) is 6.20. The van der Waals surface area contributed by atoms with Crippen molar-refractivity contribution in [1.29, 1.82) is 0 Å². The number of nitrogens with one attached hydrogen (secondary N) is 1. The molecule has 1 heterocycles. The van der Waals surface area contributed by atoms with Crippen LogP contribution < -0.4 is 5.32 Å². The van der Waals surface area contributed by atoms with Crippen LogP contribution in [0.25, 0.3) is 0 Å². The predicted molar refractivity (Wildman–Crippen MR) is 72.0 cm³/mol. The molecule has 0 aromatic carbocycles. The molecular formula is C15H26N2. The normalized spacial score (nSPS) is 38.8.